The largest absolute Gasteiger partial charge is 0.497 e. The van der Waals surface area contributed by atoms with Gasteiger partial charge in [-0.05, 0) is 48.5 Å². The number of carbonyl (C=O) groups is 3. The summed E-state index contributed by atoms with van der Waals surface area (Å²) in [6, 6.07) is 13.8. The first-order chi connectivity index (χ1) is 13.0. The molecule has 0 bridgehead atoms. The summed E-state index contributed by atoms with van der Waals surface area (Å²) in [5.41, 5.74) is 1.20. The average molecular weight is 435 g/mol. The van der Waals surface area contributed by atoms with Crippen LogP contribution >= 0.6 is 15.9 Å². The summed E-state index contributed by atoms with van der Waals surface area (Å²) in [7, 11) is 1.55. The Morgan fingerprint density at radius 2 is 1.41 bits per heavy atom. The molecule has 0 aliphatic heterocycles. The van der Waals surface area contributed by atoms with Crippen LogP contribution in [0, 0.1) is 0 Å². The lowest BCUT2D eigenvalue weighted by molar-refractivity contribution is -0.147. The smallest absolute Gasteiger partial charge is 0.306 e. The Balaban J connectivity index is 1.66. The standard InChI is InChI=1S/C19H19BrN2O5/c1-26-16-8-6-15(7-9-16)21-17(23)10-11-19(25)27-12-18(24)22-14-4-2-13(20)3-5-14/h2-9H,10-12H2,1H3,(H,21,23)(H,22,24). The highest BCUT2D eigenvalue weighted by Gasteiger charge is 2.11. The van der Waals surface area contributed by atoms with Gasteiger partial charge in [0.05, 0.1) is 13.5 Å². The molecule has 142 valence electrons. The van der Waals surface area contributed by atoms with Crippen molar-refractivity contribution in [3.63, 3.8) is 0 Å². The van der Waals surface area contributed by atoms with Crippen molar-refractivity contribution >= 4 is 45.1 Å². The first-order valence-corrected chi connectivity index (χ1v) is 8.90. The Morgan fingerprint density at radius 1 is 0.852 bits per heavy atom. The summed E-state index contributed by atoms with van der Waals surface area (Å²) in [6.07, 6.45) is -0.160. The van der Waals surface area contributed by atoms with Crippen LogP contribution in [-0.2, 0) is 19.1 Å². The molecule has 0 saturated heterocycles. The van der Waals surface area contributed by atoms with E-state index >= 15 is 0 Å². The Bertz CT molecular complexity index is 791. The maximum absolute atomic E-state index is 11.8. The van der Waals surface area contributed by atoms with Gasteiger partial charge in [0.2, 0.25) is 5.91 Å². The number of hydrogen-bond donors (Lipinski definition) is 2. The van der Waals surface area contributed by atoms with Crippen LogP contribution in [-0.4, -0.2) is 31.5 Å². The van der Waals surface area contributed by atoms with Crippen molar-refractivity contribution in [2.45, 2.75) is 12.8 Å². The highest BCUT2D eigenvalue weighted by molar-refractivity contribution is 9.10. The molecule has 0 radical (unpaired) electrons. The second-order valence-electron chi connectivity index (χ2n) is 5.49. The van der Waals surface area contributed by atoms with Crippen molar-refractivity contribution in [1.82, 2.24) is 0 Å². The van der Waals surface area contributed by atoms with E-state index in [1.807, 2.05) is 0 Å². The van der Waals surface area contributed by atoms with Crippen LogP contribution in [0.25, 0.3) is 0 Å². The van der Waals surface area contributed by atoms with Gasteiger partial charge in [-0.3, -0.25) is 14.4 Å². The van der Waals surface area contributed by atoms with E-state index in [1.54, 1.807) is 55.6 Å². The molecular weight excluding hydrogens is 416 g/mol. The van der Waals surface area contributed by atoms with Crippen molar-refractivity contribution < 1.29 is 23.9 Å². The molecule has 0 aromatic heterocycles. The van der Waals surface area contributed by atoms with Gasteiger partial charge in [0, 0.05) is 22.3 Å². The average Bonchev–Trinajstić information content (AvgIpc) is 2.67. The molecule has 7 nitrogen and oxygen atoms in total. The van der Waals surface area contributed by atoms with Gasteiger partial charge in [0.15, 0.2) is 6.61 Å². The first kappa shape index (κ1) is 20.4. The molecule has 2 N–H and O–H groups in total. The number of hydrogen-bond acceptors (Lipinski definition) is 5. The molecule has 2 aromatic rings. The molecule has 0 atom stereocenters. The summed E-state index contributed by atoms with van der Waals surface area (Å²) in [6.45, 7) is -0.408. The van der Waals surface area contributed by atoms with Crippen LogP contribution in [0.3, 0.4) is 0 Å². The molecule has 2 rings (SSSR count). The minimum absolute atomic E-state index is 0.0425. The van der Waals surface area contributed by atoms with Gasteiger partial charge < -0.3 is 20.1 Å². The Hall–Kier alpha value is -2.87. The number of esters is 1. The van der Waals surface area contributed by atoms with E-state index in [0.717, 1.165) is 4.47 Å². The molecule has 0 fully saturated rings. The lowest BCUT2D eigenvalue weighted by atomic mass is 10.2. The van der Waals surface area contributed by atoms with Crippen LogP contribution in [0.2, 0.25) is 0 Å². The van der Waals surface area contributed by atoms with Gasteiger partial charge in [0.25, 0.3) is 5.91 Å². The van der Waals surface area contributed by atoms with E-state index in [9.17, 15) is 14.4 Å². The van der Waals surface area contributed by atoms with E-state index in [2.05, 4.69) is 26.6 Å². The minimum atomic E-state index is -0.620. The highest BCUT2D eigenvalue weighted by Crippen LogP contribution is 2.15. The molecule has 0 saturated carbocycles. The maximum Gasteiger partial charge on any atom is 0.306 e. The third-order valence-electron chi connectivity index (χ3n) is 3.42. The van der Waals surface area contributed by atoms with Gasteiger partial charge in [-0.2, -0.15) is 0 Å². The lowest BCUT2D eigenvalue weighted by Crippen LogP contribution is -2.21. The third kappa shape index (κ3) is 7.49. The van der Waals surface area contributed by atoms with Gasteiger partial charge >= 0.3 is 5.97 Å². The molecule has 0 aliphatic carbocycles. The number of anilines is 2. The van der Waals surface area contributed by atoms with Gasteiger partial charge in [-0.15, -0.1) is 0 Å². The molecule has 0 unspecified atom stereocenters. The number of halogens is 1. The summed E-state index contributed by atoms with van der Waals surface area (Å²) in [4.78, 5) is 35.3. The van der Waals surface area contributed by atoms with Crippen molar-refractivity contribution in [3.8, 4) is 5.75 Å². The molecule has 8 heteroatoms. The molecule has 0 aliphatic rings. The second-order valence-corrected chi connectivity index (χ2v) is 6.41. The van der Waals surface area contributed by atoms with E-state index in [0.29, 0.717) is 17.1 Å². The minimum Gasteiger partial charge on any atom is -0.497 e. The van der Waals surface area contributed by atoms with Crippen LogP contribution in [0.1, 0.15) is 12.8 Å². The number of benzene rings is 2. The summed E-state index contributed by atoms with van der Waals surface area (Å²) in [5, 5.41) is 5.27. The monoisotopic (exact) mass is 434 g/mol. The molecule has 0 heterocycles. The number of ether oxygens (including phenoxy) is 2. The van der Waals surface area contributed by atoms with E-state index in [4.69, 9.17) is 9.47 Å². The van der Waals surface area contributed by atoms with Crippen LogP contribution in [0.4, 0.5) is 11.4 Å². The zero-order valence-electron chi connectivity index (χ0n) is 14.7. The molecule has 0 spiro atoms. The van der Waals surface area contributed by atoms with Crippen LogP contribution in [0.5, 0.6) is 5.75 Å². The molecule has 2 aromatic carbocycles. The fourth-order valence-electron chi connectivity index (χ4n) is 2.06. The Kier molecular flexibility index (Phi) is 7.81. The number of carbonyl (C=O) groups excluding carboxylic acids is 3. The highest BCUT2D eigenvalue weighted by atomic mass is 79.9. The zero-order valence-corrected chi connectivity index (χ0v) is 16.2. The van der Waals surface area contributed by atoms with Gasteiger partial charge in [-0.25, -0.2) is 0 Å². The molecule has 2 amide bonds. The SMILES string of the molecule is COc1ccc(NC(=O)CCC(=O)OCC(=O)Nc2ccc(Br)cc2)cc1. The fourth-order valence-corrected chi connectivity index (χ4v) is 2.33. The van der Waals surface area contributed by atoms with E-state index in [1.165, 1.54) is 0 Å². The van der Waals surface area contributed by atoms with Crippen LogP contribution < -0.4 is 15.4 Å². The summed E-state index contributed by atoms with van der Waals surface area (Å²) < 4.78 is 10.8. The number of methoxy groups -OCH3 is 1. The van der Waals surface area contributed by atoms with E-state index < -0.39 is 18.5 Å². The predicted octanol–water partition coefficient (Wildman–Crippen LogP) is 3.36. The first-order valence-electron chi connectivity index (χ1n) is 8.11. The normalized spacial score (nSPS) is 10.0. The lowest BCUT2D eigenvalue weighted by Gasteiger charge is -2.08. The number of rotatable bonds is 8. The Morgan fingerprint density at radius 3 is 2.00 bits per heavy atom. The summed E-state index contributed by atoms with van der Waals surface area (Å²) >= 11 is 3.30. The summed E-state index contributed by atoms with van der Waals surface area (Å²) in [5.74, 6) is -0.714. The predicted molar refractivity (Wildman–Crippen MR) is 105 cm³/mol. The molecule has 27 heavy (non-hydrogen) atoms. The van der Waals surface area contributed by atoms with Gasteiger partial charge in [-0.1, -0.05) is 15.9 Å². The fraction of sp³-hybridized carbons (Fsp3) is 0.211. The van der Waals surface area contributed by atoms with Crippen LogP contribution in [0.15, 0.2) is 53.0 Å². The van der Waals surface area contributed by atoms with E-state index in [-0.39, 0.29) is 18.7 Å². The second kappa shape index (κ2) is 10.3. The third-order valence-corrected chi connectivity index (χ3v) is 3.95. The van der Waals surface area contributed by atoms with Crippen molar-refractivity contribution in [2.24, 2.45) is 0 Å². The molecular formula is C19H19BrN2O5. The maximum atomic E-state index is 11.8. The Labute approximate surface area is 165 Å². The zero-order chi connectivity index (χ0) is 19.6. The number of nitrogens with one attached hydrogen (secondary N) is 2. The van der Waals surface area contributed by atoms with Crippen molar-refractivity contribution in [1.29, 1.82) is 0 Å². The topological polar surface area (TPSA) is 93.7 Å². The van der Waals surface area contributed by atoms with Gasteiger partial charge in [0.1, 0.15) is 5.75 Å². The van der Waals surface area contributed by atoms with Crippen molar-refractivity contribution in [3.05, 3.63) is 53.0 Å². The van der Waals surface area contributed by atoms with Crippen molar-refractivity contribution in [2.75, 3.05) is 24.4 Å². The quantitative estimate of drug-likeness (QED) is 0.621. The number of amides is 2.